The smallest absolute Gasteiger partial charge is 0.252 e. The van der Waals surface area contributed by atoms with Crippen LogP contribution in [-0.4, -0.2) is 17.0 Å². The van der Waals surface area contributed by atoms with Gasteiger partial charge in [0.15, 0.2) is 0 Å². The molecule has 2 aromatic rings. The zero-order valence-corrected chi connectivity index (χ0v) is 13.1. The average Bonchev–Trinajstić information content (AvgIpc) is 2.42. The Kier molecular flexibility index (Phi) is 4.53. The maximum absolute atomic E-state index is 11.7. The van der Waals surface area contributed by atoms with Gasteiger partial charge in [0.2, 0.25) is 0 Å². The molecule has 0 saturated heterocycles. The number of aromatic nitrogens is 2. The molecule has 0 atom stereocenters. The average molecular weight is 307 g/mol. The van der Waals surface area contributed by atoms with Crippen LogP contribution in [0.3, 0.4) is 0 Å². The van der Waals surface area contributed by atoms with Crippen LogP contribution in [0.2, 0.25) is 5.02 Å². The fourth-order valence-corrected chi connectivity index (χ4v) is 2.16. The summed E-state index contributed by atoms with van der Waals surface area (Å²) in [6.07, 6.45) is 0. The number of H-pyrrole nitrogens is 1. The van der Waals surface area contributed by atoms with Crippen LogP contribution in [-0.2, 0) is 6.54 Å². The first kappa shape index (κ1) is 15.4. The lowest BCUT2D eigenvalue weighted by molar-refractivity contribution is 0.755. The van der Waals surface area contributed by atoms with Gasteiger partial charge in [0.1, 0.15) is 11.6 Å². The van der Waals surface area contributed by atoms with Gasteiger partial charge in [-0.05, 0) is 23.8 Å². The molecule has 0 spiro atoms. The molecule has 0 aliphatic carbocycles. The molecule has 0 aliphatic rings. The van der Waals surface area contributed by atoms with Gasteiger partial charge in [-0.15, -0.1) is 0 Å². The summed E-state index contributed by atoms with van der Waals surface area (Å²) in [5.41, 5.74) is 7.18. The Bertz CT molecular complexity index is 696. The molecule has 112 valence electrons. The summed E-state index contributed by atoms with van der Waals surface area (Å²) in [6.45, 7) is 4.49. The Balaban J connectivity index is 2.30. The molecular formula is C15H19ClN4O. The lowest BCUT2D eigenvalue weighted by Gasteiger charge is -2.20. The minimum Gasteiger partial charge on any atom is -0.399 e. The second-order valence-corrected chi connectivity index (χ2v) is 5.76. The van der Waals surface area contributed by atoms with E-state index in [1.54, 1.807) is 12.1 Å². The third kappa shape index (κ3) is 3.76. The zero-order valence-electron chi connectivity index (χ0n) is 12.4. The van der Waals surface area contributed by atoms with Gasteiger partial charge in [0.25, 0.3) is 5.56 Å². The maximum Gasteiger partial charge on any atom is 0.252 e. The molecule has 0 unspecified atom stereocenters. The van der Waals surface area contributed by atoms with E-state index in [9.17, 15) is 4.79 Å². The molecule has 6 heteroatoms. The van der Waals surface area contributed by atoms with Gasteiger partial charge in [-0.2, -0.15) is 0 Å². The van der Waals surface area contributed by atoms with E-state index in [2.05, 4.69) is 9.97 Å². The second kappa shape index (κ2) is 6.18. The van der Waals surface area contributed by atoms with Crippen molar-refractivity contribution in [1.82, 2.24) is 9.97 Å². The van der Waals surface area contributed by atoms with Crippen molar-refractivity contribution in [3.8, 4) is 0 Å². The van der Waals surface area contributed by atoms with E-state index in [0.29, 0.717) is 28.9 Å². The minimum absolute atomic E-state index is 0.155. The van der Waals surface area contributed by atoms with Crippen LogP contribution < -0.4 is 16.2 Å². The molecule has 21 heavy (non-hydrogen) atoms. The fraction of sp³-hybridized carbons (Fsp3) is 0.333. The Labute approximate surface area is 128 Å². The molecule has 0 bridgehead atoms. The number of benzene rings is 1. The normalized spacial score (nSPS) is 10.9. The molecule has 0 radical (unpaired) electrons. The quantitative estimate of drug-likeness (QED) is 0.852. The predicted molar refractivity (Wildman–Crippen MR) is 86.9 cm³/mol. The monoisotopic (exact) mass is 306 g/mol. The summed E-state index contributed by atoms with van der Waals surface area (Å²) in [4.78, 5) is 20.8. The van der Waals surface area contributed by atoms with E-state index in [0.717, 1.165) is 5.56 Å². The Morgan fingerprint density at radius 1 is 1.38 bits per heavy atom. The second-order valence-electron chi connectivity index (χ2n) is 5.35. The molecule has 0 aliphatic heterocycles. The van der Waals surface area contributed by atoms with E-state index in [1.165, 1.54) is 6.07 Å². The fourth-order valence-electron chi connectivity index (χ4n) is 1.98. The predicted octanol–water partition coefficient (Wildman–Crippen LogP) is 2.77. The molecule has 1 heterocycles. The molecule has 2 rings (SSSR count). The lowest BCUT2D eigenvalue weighted by Crippen LogP contribution is -2.22. The van der Waals surface area contributed by atoms with Crippen molar-refractivity contribution in [2.45, 2.75) is 26.3 Å². The van der Waals surface area contributed by atoms with Crippen molar-refractivity contribution in [3.63, 3.8) is 0 Å². The summed E-state index contributed by atoms with van der Waals surface area (Å²) in [7, 11) is 1.87. The minimum atomic E-state index is -0.158. The highest BCUT2D eigenvalue weighted by molar-refractivity contribution is 6.31. The van der Waals surface area contributed by atoms with Crippen LogP contribution in [0.15, 0.2) is 29.1 Å². The van der Waals surface area contributed by atoms with Gasteiger partial charge in [-0.3, -0.25) is 4.79 Å². The SMILES string of the molecule is CC(C)c1nc(N(C)Cc2cc(N)ccc2Cl)cc(=O)[nH]1. The highest BCUT2D eigenvalue weighted by Gasteiger charge is 2.11. The Morgan fingerprint density at radius 3 is 2.76 bits per heavy atom. The van der Waals surface area contributed by atoms with E-state index in [-0.39, 0.29) is 11.5 Å². The standard InChI is InChI=1S/C15H19ClN4O/c1-9(2)15-18-13(7-14(21)19-15)20(3)8-10-6-11(17)4-5-12(10)16/h4-7,9H,8,17H2,1-3H3,(H,18,19,21). The first-order valence-corrected chi connectivity index (χ1v) is 7.11. The van der Waals surface area contributed by atoms with Crippen molar-refractivity contribution in [2.75, 3.05) is 17.7 Å². The van der Waals surface area contributed by atoms with E-state index >= 15 is 0 Å². The first-order valence-electron chi connectivity index (χ1n) is 6.73. The van der Waals surface area contributed by atoms with Crippen LogP contribution in [0.1, 0.15) is 31.2 Å². The Morgan fingerprint density at radius 2 is 2.10 bits per heavy atom. The molecule has 1 aromatic heterocycles. The lowest BCUT2D eigenvalue weighted by atomic mass is 10.2. The molecule has 0 amide bonds. The number of nitrogens with zero attached hydrogens (tertiary/aromatic N) is 2. The number of halogens is 1. The molecule has 5 nitrogen and oxygen atoms in total. The molecule has 3 N–H and O–H groups in total. The van der Waals surface area contributed by atoms with Gasteiger partial charge in [-0.25, -0.2) is 4.98 Å². The van der Waals surface area contributed by atoms with Crippen molar-refractivity contribution in [1.29, 1.82) is 0 Å². The van der Waals surface area contributed by atoms with Crippen molar-refractivity contribution in [3.05, 3.63) is 51.0 Å². The third-order valence-corrected chi connectivity index (χ3v) is 3.53. The van der Waals surface area contributed by atoms with E-state index < -0.39 is 0 Å². The number of nitrogen functional groups attached to an aromatic ring is 1. The third-order valence-electron chi connectivity index (χ3n) is 3.16. The van der Waals surface area contributed by atoms with Gasteiger partial charge in [0, 0.05) is 36.3 Å². The first-order chi connectivity index (χ1) is 9.86. The van der Waals surface area contributed by atoms with Crippen molar-refractivity contribution < 1.29 is 0 Å². The summed E-state index contributed by atoms with van der Waals surface area (Å²) >= 11 is 6.17. The summed E-state index contributed by atoms with van der Waals surface area (Å²) in [6, 6.07) is 6.83. The maximum atomic E-state index is 11.7. The summed E-state index contributed by atoms with van der Waals surface area (Å²) in [5.74, 6) is 1.44. The van der Waals surface area contributed by atoms with Crippen LogP contribution in [0.5, 0.6) is 0 Å². The number of anilines is 2. The number of nitrogens with one attached hydrogen (secondary N) is 1. The van der Waals surface area contributed by atoms with E-state index in [4.69, 9.17) is 17.3 Å². The Hall–Kier alpha value is -2.01. The van der Waals surface area contributed by atoms with Gasteiger partial charge >= 0.3 is 0 Å². The highest BCUT2D eigenvalue weighted by Crippen LogP contribution is 2.22. The van der Waals surface area contributed by atoms with E-state index in [1.807, 2.05) is 31.9 Å². The zero-order chi connectivity index (χ0) is 15.6. The number of hydrogen-bond acceptors (Lipinski definition) is 4. The molecule has 0 saturated carbocycles. The molecule has 1 aromatic carbocycles. The summed E-state index contributed by atoms with van der Waals surface area (Å²) in [5, 5.41) is 0.643. The number of rotatable bonds is 4. The van der Waals surface area contributed by atoms with Gasteiger partial charge < -0.3 is 15.6 Å². The largest absolute Gasteiger partial charge is 0.399 e. The number of hydrogen-bond donors (Lipinski definition) is 2. The van der Waals surface area contributed by atoms with Gasteiger partial charge in [0.05, 0.1) is 0 Å². The van der Waals surface area contributed by atoms with Crippen LogP contribution in [0, 0.1) is 0 Å². The topological polar surface area (TPSA) is 75.0 Å². The van der Waals surface area contributed by atoms with Crippen molar-refractivity contribution in [2.24, 2.45) is 0 Å². The van der Waals surface area contributed by atoms with Crippen LogP contribution in [0.25, 0.3) is 0 Å². The van der Waals surface area contributed by atoms with Crippen LogP contribution in [0.4, 0.5) is 11.5 Å². The highest BCUT2D eigenvalue weighted by atomic mass is 35.5. The van der Waals surface area contributed by atoms with Gasteiger partial charge in [-0.1, -0.05) is 25.4 Å². The van der Waals surface area contributed by atoms with Crippen molar-refractivity contribution >= 4 is 23.1 Å². The summed E-state index contributed by atoms with van der Waals surface area (Å²) < 4.78 is 0. The molecular weight excluding hydrogens is 288 g/mol. The molecule has 0 fully saturated rings. The van der Waals surface area contributed by atoms with Crippen LogP contribution >= 0.6 is 11.6 Å². The number of nitrogens with two attached hydrogens (primary N) is 1. The number of aromatic amines is 1.